The molecule has 7 heteroatoms. The number of amides is 1. The van der Waals surface area contributed by atoms with Crippen LogP contribution in [0, 0.1) is 0 Å². The highest BCUT2D eigenvalue weighted by atomic mass is 35.5. The zero-order valence-corrected chi connectivity index (χ0v) is 13.6. The average Bonchev–Trinajstić information content (AvgIpc) is 3.18. The maximum absolute atomic E-state index is 12.3. The second-order valence-corrected chi connectivity index (χ2v) is 5.76. The third kappa shape index (κ3) is 3.41. The van der Waals surface area contributed by atoms with Gasteiger partial charge in [-0.15, -0.1) is 0 Å². The standard InChI is InChI=1S/C16H12Cl2N2O3/c1-9(11-5-4-10(17)7-12(11)18)19-16(21)13-8-15(23-20-13)14-3-2-6-22-14/h2-9H,1H3,(H,19,21). The first-order valence-corrected chi connectivity index (χ1v) is 7.56. The highest BCUT2D eigenvalue weighted by molar-refractivity contribution is 6.35. The van der Waals surface area contributed by atoms with Gasteiger partial charge in [0, 0.05) is 16.1 Å². The van der Waals surface area contributed by atoms with E-state index in [4.69, 9.17) is 32.1 Å². The van der Waals surface area contributed by atoms with Gasteiger partial charge in [0.25, 0.3) is 5.91 Å². The van der Waals surface area contributed by atoms with Gasteiger partial charge in [-0.25, -0.2) is 0 Å². The van der Waals surface area contributed by atoms with Gasteiger partial charge in [0.1, 0.15) is 0 Å². The monoisotopic (exact) mass is 350 g/mol. The van der Waals surface area contributed by atoms with Gasteiger partial charge in [0.2, 0.25) is 5.76 Å². The van der Waals surface area contributed by atoms with Crippen LogP contribution in [0.4, 0.5) is 0 Å². The van der Waals surface area contributed by atoms with Crippen LogP contribution >= 0.6 is 23.2 Å². The Balaban J connectivity index is 1.74. The fourth-order valence-corrected chi connectivity index (χ4v) is 2.69. The van der Waals surface area contributed by atoms with Crippen molar-refractivity contribution >= 4 is 29.1 Å². The Morgan fingerprint density at radius 1 is 1.22 bits per heavy atom. The minimum Gasteiger partial charge on any atom is -0.461 e. The number of hydrogen-bond acceptors (Lipinski definition) is 4. The summed E-state index contributed by atoms with van der Waals surface area (Å²) in [7, 11) is 0. The number of hydrogen-bond donors (Lipinski definition) is 1. The molecule has 0 aliphatic rings. The molecule has 1 N–H and O–H groups in total. The van der Waals surface area contributed by atoms with E-state index in [1.807, 2.05) is 6.92 Å². The molecule has 0 aliphatic heterocycles. The van der Waals surface area contributed by atoms with E-state index < -0.39 is 0 Å². The van der Waals surface area contributed by atoms with Gasteiger partial charge in [0.05, 0.1) is 12.3 Å². The number of nitrogens with zero attached hydrogens (tertiary/aromatic N) is 1. The van der Waals surface area contributed by atoms with Crippen LogP contribution in [0.25, 0.3) is 11.5 Å². The minimum atomic E-state index is -0.370. The largest absolute Gasteiger partial charge is 0.461 e. The lowest BCUT2D eigenvalue weighted by Crippen LogP contribution is -2.27. The number of furan rings is 1. The highest BCUT2D eigenvalue weighted by Crippen LogP contribution is 2.26. The Hall–Kier alpha value is -2.24. The number of aromatic nitrogens is 1. The lowest BCUT2D eigenvalue weighted by molar-refractivity contribution is 0.0931. The summed E-state index contributed by atoms with van der Waals surface area (Å²) < 4.78 is 10.3. The summed E-state index contributed by atoms with van der Waals surface area (Å²) in [6.45, 7) is 1.82. The van der Waals surface area contributed by atoms with Crippen LogP contribution in [-0.2, 0) is 0 Å². The summed E-state index contributed by atoms with van der Waals surface area (Å²) in [6, 6.07) is 9.77. The van der Waals surface area contributed by atoms with E-state index in [1.165, 1.54) is 12.3 Å². The van der Waals surface area contributed by atoms with E-state index in [0.29, 0.717) is 21.6 Å². The fourth-order valence-electron chi connectivity index (χ4n) is 2.12. The van der Waals surface area contributed by atoms with Crippen LogP contribution in [0.5, 0.6) is 0 Å². The van der Waals surface area contributed by atoms with Gasteiger partial charge in [-0.3, -0.25) is 4.79 Å². The van der Waals surface area contributed by atoms with Gasteiger partial charge in [-0.1, -0.05) is 34.4 Å². The zero-order valence-electron chi connectivity index (χ0n) is 12.0. The predicted octanol–water partition coefficient (Wildman–Crippen LogP) is 4.73. The fraction of sp³-hybridized carbons (Fsp3) is 0.125. The quantitative estimate of drug-likeness (QED) is 0.738. The average molecular weight is 351 g/mol. The van der Waals surface area contributed by atoms with Gasteiger partial charge < -0.3 is 14.3 Å². The molecule has 3 aromatic rings. The van der Waals surface area contributed by atoms with E-state index in [0.717, 1.165) is 5.56 Å². The molecule has 1 aromatic carbocycles. The molecule has 0 bridgehead atoms. The summed E-state index contributed by atoms with van der Waals surface area (Å²) >= 11 is 12.0. The van der Waals surface area contributed by atoms with Crippen molar-refractivity contribution in [2.45, 2.75) is 13.0 Å². The van der Waals surface area contributed by atoms with Gasteiger partial charge >= 0.3 is 0 Å². The molecule has 2 heterocycles. The summed E-state index contributed by atoms with van der Waals surface area (Å²) in [4.78, 5) is 12.3. The molecule has 3 rings (SSSR count). The smallest absolute Gasteiger partial charge is 0.273 e. The van der Waals surface area contributed by atoms with Crippen molar-refractivity contribution in [3.8, 4) is 11.5 Å². The molecule has 0 fully saturated rings. The maximum Gasteiger partial charge on any atom is 0.273 e. The van der Waals surface area contributed by atoms with Crippen LogP contribution in [0.1, 0.15) is 29.0 Å². The van der Waals surface area contributed by atoms with Crippen molar-refractivity contribution in [3.63, 3.8) is 0 Å². The van der Waals surface area contributed by atoms with Crippen LogP contribution in [-0.4, -0.2) is 11.1 Å². The molecular formula is C16H12Cl2N2O3. The van der Waals surface area contributed by atoms with Crippen molar-refractivity contribution in [3.05, 3.63) is 64.0 Å². The zero-order chi connectivity index (χ0) is 16.4. The molecule has 2 aromatic heterocycles. The van der Waals surface area contributed by atoms with Crippen molar-refractivity contribution in [2.24, 2.45) is 0 Å². The van der Waals surface area contributed by atoms with Crippen LogP contribution in [0.2, 0.25) is 10.0 Å². The van der Waals surface area contributed by atoms with Gasteiger partial charge in [0.15, 0.2) is 11.5 Å². The van der Waals surface area contributed by atoms with Crippen molar-refractivity contribution in [2.75, 3.05) is 0 Å². The van der Waals surface area contributed by atoms with Crippen LogP contribution < -0.4 is 5.32 Å². The number of carbonyl (C=O) groups excluding carboxylic acids is 1. The third-order valence-corrected chi connectivity index (χ3v) is 3.85. The molecule has 1 atom stereocenters. The number of rotatable bonds is 4. The van der Waals surface area contributed by atoms with Crippen molar-refractivity contribution in [1.82, 2.24) is 10.5 Å². The molecule has 0 spiro atoms. The molecule has 1 unspecified atom stereocenters. The highest BCUT2D eigenvalue weighted by Gasteiger charge is 2.18. The van der Waals surface area contributed by atoms with E-state index >= 15 is 0 Å². The Kier molecular flexibility index (Phi) is 4.41. The normalized spacial score (nSPS) is 12.1. The summed E-state index contributed by atoms with van der Waals surface area (Å²) in [5, 5.41) is 7.59. The van der Waals surface area contributed by atoms with Crippen molar-refractivity contribution in [1.29, 1.82) is 0 Å². The predicted molar refractivity (Wildman–Crippen MR) is 86.5 cm³/mol. The molecule has 0 saturated heterocycles. The number of carbonyl (C=O) groups is 1. The molecule has 1 amide bonds. The first-order chi connectivity index (χ1) is 11.0. The second kappa shape index (κ2) is 6.48. The SMILES string of the molecule is CC(NC(=O)c1cc(-c2ccco2)on1)c1ccc(Cl)cc1Cl. The number of benzene rings is 1. The van der Waals surface area contributed by atoms with Crippen LogP contribution in [0.3, 0.4) is 0 Å². The van der Waals surface area contributed by atoms with Crippen molar-refractivity contribution < 1.29 is 13.7 Å². The molecular weight excluding hydrogens is 339 g/mol. The van der Waals surface area contributed by atoms with E-state index in [2.05, 4.69) is 10.5 Å². The van der Waals surface area contributed by atoms with Gasteiger partial charge in [-0.05, 0) is 36.8 Å². The molecule has 0 aliphatic carbocycles. The van der Waals surface area contributed by atoms with Gasteiger partial charge in [-0.2, -0.15) is 0 Å². The number of halogens is 2. The molecule has 23 heavy (non-hydrogen) atoms. The second-order valence-electron chi connectivity index (χ2n) is 4.91. The molecule has 5 nitrogen and oxygen atoms in total. The minimum absolute atomic E-state index is 0.160. The first kappa shape index (κ1) is 15.6. The first-order valence-electron chi connectivity index (χ1n) is 6.81. The van der Waals surface area contributed by atoms with E-state index in [-0.39, 0.29) is 17.6 Å². The van der Waals surface area contributed by atoms with Crippen LogP contribution in [0.15, 0.2) is 51.6 Å². The Bertz CT molecular complexity index is 828. The topological polar surface area (TPSA) is 68.3 Å². The van der Waals surface area contributed by atoms with E-state index in [1.54, 1.807) is 30.3 Å². The summed E-state index contributed by atoms with van der Waals surface area (Å²) in [5.74, 6) is 0.521. The summed E-state index contributed by atoms with van der Waals surface area (Å²) in [6.07, 6.45) is 1.52. The number of nitrogens with one attached hydrogen (secondary N) is 1. The molecule has 118 valence electrons. The lowest BCUT2D eigenvalue weighted by atomic mass is 10.1. The Labute approximate surface area is 142 Å². The molecule has 0 radical (unpaired) electrons. The maximum atomic E-state index is 12.3. The Morgan fingerprint density at radius 3 is 2.74 bits per heavy atom. The molecule has 0 saturated carbocycles. The van der Waals surface area contributed by atoms with E-state index in [9.17, 15) is 4.79 Å². The Morgan fingerprint density at radius 2 is 2.04 bits per heavy atom. The lowest BCUT2D eigenvalue weighted by Gasteiger charge is -2.15. The third-order valence-electron chi connectivity index (χ3n) is 3.28. The summed E-state index contributed by atoms with van der Waals surface area (Å²) in [5.41, 5.74) is 0.924.